The third kappa shape index (κ3) is 4.33. The Morgan fingerprint density at radius 1 is 0.826 bits per heavy atom. The molecule has 9 heteroatoms. The number of hydrogen-bond acceptors (Lipinski definition) is 3. The molecule has 0 bridgehead atoms. The van der Waals surface area contributed by atoms with Gasteiger partial charge in [-0.1, -0.05) is 12.1 Å². The lowest BCUT2D eigenvalue weighted by Crippen LogP contribution is -2.12. The highest BCUT2D eigenvalue weighted by molar-refractivity contribution is 5.38. The molecule has 1 aromatic carbocycles. The Kier molecular flexibility index (Phi) is 4.49. The van der Waals surface area contributed by atoms with Crippen molar-refractivity contribution >= 4 is 5.82 Å². The molecule has 0 aliphatic rings. The van der Waals surface area contributed by atoms with Crippen LogP contribution in [0.5, 0.6) is 0 Å². The summed E-state index contributed by atoms with van der Waals surface area (Å²) in [5.41, 5.74) is -1.37. The van der Waals surface area contributed by atoms with E-state index in [2.05, 4.69) is 15.5 Å². The quantitative estimate of drug-likeness (QED) is 0.827. The van der Waals surface area contributed by atoms with Crippen molar-refractivity contribution in [2.75, 3.05) is 5.32 Å². The summed E-state index contributed by atoms with van der Waals surface area (Å²) in [7, 11) is 0. The normalized spacial score (nSPS) is 13.7. The Balaban J connectivity index is 2.08. The van der Waals surface area contributed by atoms with Crippen LogP contribution < -0.4 is 5.32 Å². The maximum Gasteiger partial charge on any atom is 0.435 e. The first-order valence-corrected chi connectivity index (χ1v) is 6.42. The number of nitrogens with one attached hydrogen (secondary N) is 1. The van der Waals surface area contributed by atoms with Crippen molar-refractivity contribution in [2.45, 2.75) is 25.3 Å². The first kappa shape index (κ1) is 17.0. The summed E-state index contributed by atoms with van der Waals surface area (Å²) in [6.07, 6.45) is -9.00. The second kappa shape index (κ2) is 6.05. The van der Waals surface area contributed by atoms with E-state index in [0.717, 1.165) is 24.3 Å². The standard InChI is InChI=1S/C14H11F6N3/c1-8(9-2-4-10(5-3-9)13(15,16)17)21-12-7-6-11(22-23-12)14(18,19)20/h2-8H,1H3,(H,21,23). The van der Waals surface area contributed by atoms with Gasteiger partial charge < -0.3 is 5.32 Å². The molecule has 23 heavy (non-hydrogen) atoms. The second-order valence-corrected chi connectivity index (χ2v) is 4.79. The first-order chi connectivity index (χ1) is 10.6. The summed E-state index contributed by atoms with van der Waals surface area (Å²) < 4.78 is 74.5. The summed E-state index contributed by atoms with van der Waals surface area (Å²) in [5.74, 6) is 0.0883. The monoisotopic (exact) mass is 335 g/mol. The average molecular weight is 335 g/mol. The van der Waals surface area contributed by atoms with Gasteiger partial charge >= 0.3 is 12.4 Å². The van der Waals surface area contributed by atoms with Crippen LogP contribution in [0, 0.1) is 0 Å². The van der Waals surface area contributed by atoms with E-state index in [4.69, 9.17) is 0 Å². The van der Waals surface area contributed by atoms with Crippen LogP contribution in [0.2, 0.25) is 0 Å². The number of aromatic nitrogens is 2. The Morgan fingerprint density at radius 3 is 1.87 bits per heavy atom. The number of anilines is 1. The van der Waals surface area contributed by atoms with Crippen LogP contribution in [0.3, 0.4) is 0 Å². The Morgan fingerprint density at radius 2 is 1.43 bits per heavy atom. The van der Waals surface area contributed by atoms with Crippen molar-refractivity contribution in [3.8, 4) is 0 Å². The molecule has 1 unspecified atom stereocenters. The molecule has 124 valence electrons. The number of benzene rings is 1. The molecule has 3 nitrogen and oxygen atoms in total. The topological polar surface area (TPSA) is 37.8 Å². The summed E-state index contributed by atoms with van der Waals surface area (Å²) in [6.45, 7) is 1.64. The average Bonchev–Trinajstić information content (AvgIpc) is 2.46. The van der Waals surface area contributed by atoms with E-state index in [9.17, 15) is 26.3 Å². The zero-order valence-electron chi connectivity index (χ0n) is 11.7. The molecule has 1 heterocycles. The second-order valence-electron chi connectivity index (χ2n) is 4.79. The Hall–Kier alpha value is -2.32. The molecule has 2 aromatic rings. The van der Waals surface area contributed by atoms with E-state index in [0.29, 0.717) is 5.56 Å². The highest BCUT2D eigenvalue weighted by Gasteiger charge is 2.33. The van der Waals surface area contributed by atoms with E-state index in [1.165, 1.54) is 12.1 Å². The predicted molar refractivity (Wildman–Crippen MR) is 70.5 cm³/mol. The third-order valence-corrected chi connectivity index (χ3v) is 3.06. The summed E-state index contributed by atoms with van der Waals surface area (Å²) in [5, 5.41) is 9.24. The van der Waals surface area contributed by atoms with Gasteiger partial charge in [0.2, 0.25) is 0 Å². The molecule has 0 radical (unpaired) electrons. The zero-order valence-corrected chi connectivity index (χ0v) is 11.7. The zero-order chi connectivity index (χ0) is 17.3. The van der Waals surface area contributed by atoms with Gasteiger partial charge in [-0.3, -0.25) is 0 Å². The van der Waals surface area contributed by atoms with E-state index in [1.54, 1.807) is 6.92 Å². The van der Waals surface area contributed by atoms with Crippen molar-refractivity contribution < 1.29 is 26.3 Å². The Labute approximate surface area is 127 Å². The molecule has 2 rings (SSSR count). The molecule has 0 fully saturated rings. The number of hydrogen-bond donors (Lipinski definition) is 1. The summed E-state index contributed by atoms with van der Waals surface area (Å²) >= 11 is 0. The van der Waals surface area contributed by atoms with Crippen LogP contribution in [0.25, 0.3) is 0 Å². The van der Waals surface area contributed by atoms with Crippen LogP contribution >= 0.6 is 0 Å². The van der Waals surface area contributed by atoms with Gasteiger partial charge in [-0.25, -0.2) is 0 Å². The number of halogens is 6. The fraction of sp³-hybridized carbons (Fsp3) is 0.286. The molecule has 1 aromatic heterocycles. The van der Waals surface area contributed by atoms with Crippen LogP contribution in [0.1, 0.15) is 29.8 Å². The van der Waals surface area contributed by atoms with Crippen molar-refractivity contribution in [3.05, 3.63) is 53.2 Å². The fourth-order valence-corrected chi connectivity index (χ4v) is 1.83. The highest BCUT2D eigenvalue weighted by Crippen LogP contribution is 2.30. The van der Waals surface area contributed by atoms with Crippen LogP contribution in [-0.2, 0) is 12.4 Å². The van der Waals surface area contributed by atoms with Crippen LogP contribution in [0.15, 0.2) is 36.4 Å². The molecule has 0 saturated heterocycles. The number of rotatable bonds is 3. The minimum Gasteiger partial charge on any atom is -0.362 e. The van der Waals surface area contributed by atoms with Crippen molar-refractivity contribution in [1.82, 2.24) is 10.2 Å². The van der Waals surface area contributed by atoms with Gasteiger partial charge in [0.05, 0.1) is 5.56 Å². The summed E-state index contributed by atoms with van der Waals surface area (Å²) in [4.78, 5) is 0. The maximum atomic E-state index is 12.5. The predicted octanol–water partition coefficient (Wildman–Crippen LogP) is 4.69. The molecular weight excluding hydrogens is 324 g/mol. The van der Waals surface area contributed by atoms with Gasteiger partial charge in [-0.15, -0.1) is 10.2 Å². The smallest absolute Gasteiger partial charge is 0.362 e. The van der Waals surface area contributed by atoms with Crippen LogP contribution in [-0.4, -0.2) is 10.2 Å². The van der Waals surface area contributed by atoms with Gasteiger partial charge in [-0.2, -0.15) is 26.3 Å². The maximum absolute atomic E-state index is 12.5. The van der Waals surface area contributed by atoms with Crippen molar-refractivity contribution in [2.24, 2.45) is 0 Å². The molecule has 1 atom stereocenters. The first-order valence-electron chi connectivity index (χ1n) is 6.42. The van der Waals surface area contributed by atoms with E-state index in [1.807, 2.05) is 0 Å². The third-order valence-electron chi connectivity index (χ3n) is 3.06. The van der Waals surface area contributed by atoms with Crippen molar-refractivity contribution in [3.63, 3.8) is 0 Å². The number of alkyl halides is 6. The van der Waals surface area contributed by atoms with Gasteiger partial charge in [0.25, 0.3) is 0 Å². The fourth-order valence-electron chi connectivity index (χ4n) is 1.83. The lowest BCUT2D eigenvalue weighted by molar-refractivity contribution is -0.141. The van der Waals surface area contributed by atoms with E-state index >= 15 is 0 Å². The van der Waals surface area contributed by atoms with Gasteiger partial charge in [-0.05, 0) is 36.8 Å². The molecule has 0 amide bonds. The van der Waals surface area contributed by atoms with Crippen LogP contribution in [0.4, 0.5) is 32.2 Å². The largest absolute Gasteiger partial charge is 0.435 e. The minimum absolute atomic E-state index is 0.0883. The van der Waals surface area contributed by atoms with E-state index < -0.39 is 29.7 Å². The minimum atomic E-state index is -4.58. The lowest BCUT2D eigenvalue weighted by Gasteiger charge is -2.16. The molecule has 0 aliphatic heterocycles. The van der Waals surface area contributed by atoms with Gasteiger partial charge in [0.1, 0.15) is 5.82 Å². The molecule has 0 aliphatic carbocycles. The van der Waals surface area contributed by atoms with Gasteiger partial charge in [0.15, 0.2) is 5.69 Å². The van der Waals surface area contributed by atoms with E-state index in [-0.39, 0.29) is 5.82 Å². The summed E-state index contributed by atoms with van der Waals surface area (Å²) in [6, 6.07) is 5.88. The molecular formula is C14H11F6N3. The van der Waals surface area contributed by atoms with Crippen molar-refractivity contribution in [1.29, 1.82) is 0 Å². The lowest BCUT2D eigenvalue weighted by atomic mass is 10.1. The molecule has 1 N–H and O–H groups in total. The highest BCUT2D eigenvalue weighted by atomic mass is 19.4. The number of nitrogens with zero attached hydrogens (tertiary/aromatic N) is 2. The Bertz CT molecular complexity index is 646. The molecule has 0 saturated carbocycles. The molecule has 0 spiro atoms. The van der Waals surface area contributed by atoms with Gasteiger partial charge in [0, 0.05) is 6.04 Å². The SMILES string of the molecule is CC(Nc1ccc(C(F)(F)F)nn1)c1ccc(C(F)(F)F)cc1.